The molecule has 2 aromatic rings. The van der Waals surface area contributed by atoms with Crippen LogP contribution in [0.15, 0.2) is 42.5 Å². The van der Waals surface area contributed by atoms with Crippen LogP contribution in [0, 0.1) is 0 Å². The molecule has 0 aliphatic carbocycles. The molecule has 0 amide bonds. The maximum Gasteiger partial charge on any atom is 0.344 e. The molecule has 0 aromatic heterocycles. The summed E-state index contributed by atoms with van der Waals surface area (Å²) in [7, 11) is 4.94. The minimum atomic E-state index is -0.482. The van der Waals surface area contributed by atoms with Crippen molar-refractivity contribution >= 4 is 11.7 Å². The van der Waals surface area contributed by atoms with Gasteiger partial charge in [0.05, 0.1) is 14.2 Å². The fourth-order valence-corrected chi connectivity index (χ4v) is 2.67. The highest BCUT2D eigenvalue weighted by Gasteiger charge is 2.38. The minimum Gasteiger partial charge on any atom is -0.493 e. The number of ether oxygens (including phenoxy) is 3. The Morgan fingerprint density at radius 2 is 1.77 bits per heavy atom. The third kappa shape index (κ3) is 2.15. The lowest BCUT2D eigenvalue weighted by Crippen LogP contribution is -2.23. The molecule has 0 N–H and O–H groups in total. The maximum absolute atomic E-state index is 12.3. The second-order valence-electron chi connectivity index (χ2n) is 4.97. The van der Waals surface area contributed by atoms with Crippen LogP contribution in [0.3, 0.4) is 0 Å². The van der Waals surface area contributed by atoms with Crippen LogP contribution in [0.5, 0.6) is 11.5 Å². The van der Waals surface area contributed by atoms with Gasteiger partial charge >= 0.3 is 5.97 Å². The largest absolute Gasteiger partial charge is 0.493 e. The van der Waals surface area contributed by atoms with E-state index in [0.717, 1.165) is 11.3 Å². The number of carbonyl (C=O) groups is 1. The smallest absolute Gasteiger partial charge is 0.344 e. The first-order valence-electron chi connectivity index (χ1n) is 6.91. The summed E-state index contributed by atoms with van der Waals surface area (Å²) in [6.07, 6.45) is -0.482. The monoisotopic (exact) mass is 299 g/mol. The molecule has 0 bridgehead atoms. The molecule has 22 heavy (non-hydrogen) atoms. The Labute approximate surface area is 129 Å². The molecule has 0 fully saturated rings. The summed E-state index contributed by atoms with van der Waals surface area (Å²) in [4.78, 5) is 14.2. The molecule has 1 heterocycles. The summed E-state index contributed by atoms with van der Waals surface area (Å²) in [6.45, 7) is 0. The highest BCUT2D eigenvalue weighted by atomic mass is 16.6. The summed E-state index contributed by atoms with van der Waals surface area (Å²) in [6, 6.07) is 13.4. The lowest BCUT2D eigenvalue weighted by atomic mass is 10.1. The van der Waals surface area contributed by atoms with E-state index in [1.54, 1.807) is 6.07 Å². The minimum absolute atomic E-state index is 0.404. The van der Waals surface area contributed by atoms with Gasteiger partial charge in [0.2, 0.25) is 6.23 Å². The number of fused-ring (bicyclic) bond motifs is 1. The lowest BCUT2D eigenvalue weighted by molar-refractivity contribution is 0.0386. The number of rotatable bonds is 4. The summed E-state index contributed by atoms with van der Waals surface area (Å²) < 4.78 is 16.1. The Bertz CT molecular complexity index is 699. The molecule has 1 unspecified atom stereocenters. The van der Waals surface area contributed by atoms with Gasteiger partial charge in [-0.25, -0.2) is 4.79 Å². The number of esters is 1. The Morgan fingerprint density at radius 3 is 2.41 bits per heavy atom. The Kier molecular flexibility index (Phi) is 3.63. The second-order valence-corrected chi connectivity index (χ2v) is 4.97. The summed E-state index contributed by atoms with van der Waals surface area (Å²) >= 11 is 0. The van der Waals surface area contributed by atoms with Gasteiger partial charge in [0.1, 0.15) is 5.56 Å². The van der Waals surface area contributed by atoms with Crippen LogP contribution >= 0.6 is 0 Å². The molecular formula is C17H17NO4. The zero-order valence-electron chi connectivity index (χ0n) is 12.7. The molecule has 5 heteroatoms. The van der Waals surface area contributed by atoms with E-state index < -0.39 is 12.2 Å². The van der Waals surface area contributed by atoms with Crippen molar-refractivity contribution in [3.63, 3.8) is 0 Å². The van der Waals surface area contributed by atoms with Gasteiger partial charge in [-0.1, -0.05) is 18.2 Å². The molecule has 1 aliphatic rings. The fraction of sp³-hybridized carbons (Fsp3) is 0.235. The molecular weight excluding hydrogens is 282 g/mol. The van der Waals surface area contributed by atoms with Crippen LogP contribution in [-0.2, 0) is 4.74 Å². The van der Waals surface area contributed by atoms with E-state index in [1.165, 1.54) is 14.2 Å². The molecule has 0 spiro atoms. The predicted octanol–water partition coefficient (Wildman–Crippen LogP) is 3.01. The average molecular weight is 299 g/mol. The first-order valence-corrected chi connectivity index (χ1v) is 6.91. The van der Waals surface area contributed by atoms with Crippen molar-refractivity contribution in [1.82, 2.24) is 0 Å². The zero-order valence-corrected chi connectivity index (χ0v) is 12.7. The van der Waals surface area contributed by atoms with Crippen molar-refractivity contribution < 1.29 is 19.0 Å². The van der Waals surface area contributed by atoms with Crippen LogP contribution in [0.4, 0.5) is 5.69 Å². The van der Waals surface area contributed by atoms with Crippen molar-refractivity contribution in [2.45, 2.75) is 6.23 Å². The third-order valence-corrected chi connectivity index (χ3v) is 3.78. The lowest BCUT2D eigenvalue weighted by Gasteiger charge is -2.25. The van der Waals surface area contributed by atoms with Crippen molar-refractivity contribution in [3.05, 3.63) is 53.6 Å². The molecule has 2 aromatic carbocycles. The van der Waals surface area contributed by atoms with Gasteiger partial charge in [0.15, 0.2) is 11.5 Å². The molecule has 1 aliphatic heterocycles. The van der Waals surface area contributed by atoms with Crippen LogP contribution in [0.1, 0.15) is 22.1 Å². The van der Waals surface area contributed by atoms with Crippen LogP contribution in [0.25, 0.3) is 0 Å². The van der Waals surface area contributed by atoms with Gasteiger partial charge in [0, 0.05) is 18.3 Å². The van der Waals surface area contributed by atoms with Gasteiger partial charge in [-0.2, -0.15) is 0 Å². The van der Waals surface area contributed by atoms with Crippen molar-refractivity contribution in [2.75, 3.05) is 26.2 Å². The molecule has 0 radical (unpaired) electrons. The summed E-state index contributed by atoms with van der Waals surface area (Å²) in [5.74, 6) is 0.522. The molecule has 3 rings (SSSR count). The van der Waals surface area contributed by atoms with Gasteiger partial charge in [0.25, 0.3) is 0 Å². The zero-order chi connectivity index (χ0) is 15.7. The van der Waals surface area contributed by atoms with Crippen molar-refractivity contribution in [2.24, 2.45) is 0 Å². The second kappa shape index (κ2) is 5.60. The van der Waals surface area contributed by atoms with Crippen LogP contribution < -0.4 is 14.4 Å². The number of carbonyl (C=O) groups excluding carboxylic acids is 1. The van der Waals surface area contributed by atoms with Gasteiger partial charge in [-0.3, -0.25) is 0 Å². The Hall–Kier alpha value is -2.69. The van der Waals surface area contributed by atoms with Gasteiger partial charge in [-0.05, 0) is 24.3 Å². The number of hydrogen-bond acceptors (Lipinski definition) is 5. The number of anilines is 1. The van der Waals surface area contributed by atoms with E-state index in [9.17, 15) is 4.79 Å². The fourth-order valence-electron chi connectivity index (χ4n) is 2.67. The first-order chi connectivity index (χ1) is 10.7. The predicted molar refractivity (Wildman–Crippen MR) is 82.5 cm³/mol. The molecule has 1 atom stereocenters. The van der Waals surface area contributed by atoms with E-state index in [1.807, 2.05) is 48.3 Å². The van der Waals surface area contributed by atoms with E-state index in [2.05, 4.69) is 0 Å². The van der Waals surface area contributed by atoms with Gasteiger partial charge < -0.3 is 19.1 Å². The van der Waals surface area contributed by atoms with E-state index >= 15 is 0 Å². The highest BCUT2D eigenvalue weighted by molar-refractivity contribution is 5.98. The van der Waals surface area contributed by atoms with Crippen molar-refractivity contribution in [1.29, 1.82) is 0 Å². The maximum atomic E-state index is 12.3. The number of hydrogen-bond donors (Lipinski definition) is 0. The average Bonchev–Trinajstić information content (AvgIpc) is 2.91. The number of para-hydroxylation sites is 1. The number of nitrogens with zero attached hydrogens (tertiary/aromatic N) is 1. The van der Waals surface area contributed by atoms with E-state index in [0.29, 0.717) is 17.1 Å². The highest BCUT2D eigenvalue weighted by Crippen LogP contribution is 2.43. The van der Waals surface area contributed by atoms with Crippen LogP contribution in [-0.4, -0.2) is 27.2 Å². The van der Waals surface area contributed by atoms with Crippen LogP contribution in [0.2, 0.25) is 0 Å². The summed E-state index contributed by atoms with van der Waals surface area (Å²) in [5, 5.41) is 0. The third-order valence-electron chi connectivity index (χ3n) is 3.78. The molecule has 0 saturated heterocycles. The van der Waals surface area contributed by atoms with E-state index in [-0.39, 0.29) is 0 Å². The molecule has 5 nitrogen and oxygen atoms in total. The topological polar surface area (TPSA) is 48.0 Å². The Morgan fingerprint density at radius 1 is 1.05 bits per heavy atom. The Balaban J connectivity index is 2.05. The SMILES string of the molecule is COc1ccc2c(c1OC)C(=O)OC2N(C)c1ccccc1. The molecule has 114 valence electrons. The number of cyclic esters (lactones) is 1. The standard InChI is InChI=1S/C17H17NO4/c1-18(11-7-5-4-6-8-11)16-12-9-10-13(20-2)15(21-3)14(12)17(19)22-16/h4-10,16H,1-3H3. The first kappa shape index (κ1) is 14.3. The molecule has 0 saturated carbocycles. The normalized spacial score (nSPS) is 16.0. The van der Waals surface area contributed by atoms with E-state index in [4.69, 9.17) is 14.2 Å². The quantitative estimate of drug-likeness (QED) is 0.812. The number of methoxy groups -OCH3 is 2. The summed E-state index contributed by atoms with van der Waals surface area (Å²) in [5.41, 5.74) is 2.16. The number of benzene rings is 2. The van der Waals surface area contributed by atoms with Crippen molar-refractivity contribution in [3.8, 4) is 11.5 Å². The van der Waals surface area contributed by atoms with Gasteiger partial charge in [-0.15, -0.1) is 0 Å².